The molecule has 0 aromatic carbocycles. The average molecular weight is 1020 g/mol. The van der Waals surface area contributed by atoms with Gasteiger partial charge in [0.25, 0.3) is 0 Å². The van der Waals surface area contributed by atoms with E-state index in [4.69, 9.17) is 14.2 Å². The van der Waals surface area contributed by atoms with Gasteiger partial charge in [-0.3, -0.25) is 14.4 Å². The van der Waals surface area contributed by atoms with Crippen molar-refractivity contribution in [2.24, 2.45) is 0 Å². The number of carbonyl (C=O) groups excluding carboxylic acids is 3. The molecule has 1 unspecified atom stereocenters. The summed E-state index contributed by atoms with van der Waals surface area (Å²) in [5, 5.41) is 0. The third kappa shape index (κ3) is 58.2. The summed E-state index contributed by atoms with van der Waals surface area (Å²) in [5.41, 5.74) is 0. The molecule has 0 N–H and O–H groups in total. The van der Waals surface area contributed by atoms with E-state index in [0.717, 1.165) is 128 Å². The van der Waals surface area contributed by atoms with Gasteiger partial charge in [0, 0.05) is 19.3 Å². The maximum absolute atomic E-state index is 12.8. The van der Waals surface area contributed by atoms with Gasteiger partial charge in [-0.05, 0) is 116 Å². The fourth-order valence-electron chi connectivity index (χ4n) is 7.69. The summed E-state index contributed by atoms with van der Waals surface area (Å²) in [6, 6.07) is 0. The fraction of sp³-hybridized carbons (Fsp3) is 0.603. The minimum absolute atomic E-state index is 0.106. The number of unbranched alkanes of at least 4 members (excludes halogenated alkanes) is 17. The van der Waals surface area contributed by atoms with Gasteiger partial charge < -0.3 is 14.2 Å². The van der Waals surface area contributed by atoms with Gasteiger partial charge in [-0.2, -0.15) is 0 Å². The van der Waals surface area contributed by atoms with Gasteiger partial charge >= 0.3 is 17.9 Å². The molecule has 0 saturated heterocycles. The van der Waals surface area contributed by atoms with Gasteiger partial charge in [0.15, 0.2) is 6.10 Å². The average Bonchev–Trinajstić information content (AvgIpc) is 3.40. The van der Waals surface area contributed by atoms with Crippen molar-refractivity contribution in [3.63, 3.8) is 0 Å². The number of ether oxygens (including phenoxy) is 3. The van der Waals surface area contributed by atoms with Gasteiger partial charge in [0.1, 0.15) is 13.2 Å². The highest BCUT2D eigenvalue weighted by Crippen LogP contribution is 2.14. The molecule has 0 bridgehead atoms. The van der Waals surface area contributed by atoms with Gasteiger partial charge in [-0.25, -0.2) is 0 Å². The highest BCUT2D eigenvalue weighted by molar-refractivity contribution is 5.71. The molecule has 0 fully saturated rings. The number of carbonyl (C=O) groups is 3. The predicted octanol–water partition coefficient (Wildman–Crippen LogP) is 20.4. The van der Waals surface area contributed by atoms with E-state index in [1.165, 1.54) is 70.6 Å². The quantitative estimate of drug-likeness (QED) is 0.0261. The van der Waals surface area contributed by atoms with Crippen molar-refractivity contribution >= 4 is 17.9 Å². The highest BCUT2D eigenvalue weighted by atomic mass is 16.6. The molecule has 0 aromatic heterocycles. The van der Waals surface area contributed by atoms with Crippen LogP contribution in [0.5, 0.6) is 0 Å². The first-order valence-electron chi connectivity index (χ1n) is 29.8. The molecule has 1 atom stereocenters. The second-order valence-electron chi connectivity index (χ2n) is 19.1. The molecule has 0 aliphatic heterocycles. The second-order valence-corrected chi connectivity index (χ2v) is 19.1. The third-order valence-corrected chi connectivity index (χ3v) is 12.1. The molecule has 0 amide bonds. The van der Waals surface area contributed by atoms with Crippen LogP contribution in [0.2, 0.25) is 0 Å². The lowest BCUT2D eigenvalue weighted by atomic mass is 10.1. The number of hydrogen-bond donors (Lipinski definition) is 0. The van der Waals surface area contributed by atoms with E-state index < -0.39 is 6.10 Å². The monoisotopic (exact) mass is 1020 g/mol. The van der Waals surface area contributed by atoms with Gasteiger partial charge in [0.05, 0.1) is 0 Å². The first-order valence-corrected chi connectivity index (χ1v) is 29.8. The molecular weight excluding hydrogens is 913 g/mol. The SMILES string of the molecule is CC/C=C\C/C=C\C/C=C\C/C=C\C/C=C\C/C=C\C/C=C\CCCCCCCCCCCC(=O)OCC(COC(=O)CCCCCCCCCC)OC(=O)CCC/C=C\C/C=C\C/C=C\C/C=C\C/C=C\CC. The lowest BCUT2D eigenvalue weighted by Gasteiger charge is -2.18. The molecule has 0 radical (unpaired) electrons. The summed E-state index contributed by atoms with van der Waals surface area (Å²) in [4.78, 5) is 38.0. The maximum Gasteiger partial charge on any atom is 0.306 e. The molecule has 0 heterocycles. The first-order chi connectivity index (χ1) is 36.5. The fourth-order valence-corrected chi connectivity index (χ4v) is 7.69. The molecule has 6 nitrogen and oxygen atoms in total. The lowest BCUT2D eigenvalue weighted by molar-refractivity contribution is -0.167. The molecule has 0 spiro atoms. The van der Waals surface area contributed by atoms with Gasteiger partial charge in [-0.1, -0.05) is 256 Å². The normalized spacial score (nSPS) is 13.2. The van der Waals surface area contributed by atoms with E-state index in [1.54, 1.807) is 0 Å². The maximum atomic E-state index is 12.8. The van der Waals surface area contributed by atoms with Crippen LogP contribution in [0.3, 0.4) is 0 Å². The summed E-state index contributed by atoms with van der Waals surface area (Å²) in [7, 11) is 0. The van der Waals surface area contributed by atoms with Crippen molar-refractivity contribution in [3.8, 4) is 0 Å². The van der Waals surface area contributed by atoms with Crippen LogP contribution in [0.25, 0.3) is 0 Å². The predicted molar refractivity (Wildman–Crippen MR) is 320 cm³/mol. The molecule has 0 aliphatic rings. The lowest BCUT2D eigenvalue weighted by Crippen LogP contribution is -2.30. The number of rotatable bonds is 52. The summed E-state index contributed by atoms with van der Waals surface area (Å²) in [6.07, 6.45) is 87.3. The van der Waals surface area contributed by atoms with E-state index >= 15 is 0 Å². The van der Waals surface area contributed by atoms with Crippen LogP contribution < -0.4 is 0 Å². The van der Waals surface area contributed by atoms with Crippen LogP contribution in [0.4, 0.5) is 0 Å². The topological polar surface area (TPSA) is 78.9 Å². The van der Waals surface area contributed by atoms with Gasteiger partial charge in [-0.15, -0.1) is 0 Å². The van der Waals surface area contributed by atoms with Crippen molar-refractivity contribution in [3.05, 3.63) is 146 Å². The van der Waals surface area contributed by atoms with Crippen LogP contribution in [0.15, 0.2) is 146 Å². The molecule has 0 aromatic rings. The molecule has 416 valence electrons. The Labute approximate surface area is 455 Å². The Morgan fingerprint density at radius 1 is 0.284 bits per heavy atom. The van der Waals surface area contributed by atoms with E-state index in [0.29, 0.717) is 19.3 Å². The van der Waals surface area contributed by atoms with E-state index in [2.05, 4.69) is 167 Å². The Morgan fingerprint density at radius 2 is 0.541 bits per heavy atom. The summed E-state index contributed by atoms with van der Waals surface area (Å²) in [6.45, 7) is 6.32. The number of esters is 3. The van der Waals surface area contributed by atoms with Crippen molar-refractivity contribution < 1.29 is 28.6 Å². The Hall–Kier alpha value is -4.71. The van der Waals surface area contributed by atoms with Crippen LogP contribution >= 0.6 is 0 Å². The zero-order valence-electron chi connectivity index (χ0n) is 47.5. The first kappa shape index (κ1) is 69.3. The molecule has 74 heavy (non-hydrogen) atoms. The second kappa shape index (κ2) is 60.8. The van der Waals surface area contributed by atoms with Crippen molar-refractivity contribution in [1.29, 1.82) is 0 Å². The largest absolute Gasteiger partial charge is 0.462 e. The van der Waals surface area contributed by atoms with Crippen molar-refractivity contribution in [2.45, 2.75) is 252 Å². The van der Waals surface area contributed by atoms with Crippen LogP contribution in [0.1, 0.15) is 245 Å². The Balaban J connectivity index is 4.26. The zero-order valence-corrected chi connectivity index (χ0v) is 47.5. The molecule has 0 aliphatic carbocycles. The van der Waals surface area contributed by atoms with Crippen LogP contribution in [-0.4, -0.2) is 37.2 Å². The zero-order chi connectivity index (χ0) is 53.6. The third-order valence-electron chi connectivity index (χ3n) is 12.1. The molecule has 0 rings (SSSR count). The molecule has 6 heteroatoms. The van der Waals surface area contributed by atoms with Crippen molar-refractivity contribution in [1.82, 2.24) is 0 Å². The standard InChI is InChI=1S/C68H108O6/c1-4-7-10-13-16-19-21-23-25-27-28-29-30-31-32-33-34-35-36-37-38-39-40-42-43-45-47-49-52-55-58-61-67(70)73-64-65(63-72-66(69)60-57-54-51-18-15-12-9-6-3)74-68(71)62-59-56-53-50-48-46-44-41-26-24-22-20-17-14-11-8-5-2/h7-8,10-11,16-17,19-20,23-26,28-29,31-32,34-35,37-38,44,46,50,53,65H,4-6,9,12-15,18,21-22,27,30,33,36,39-43,45,47-49,51-52,54-64H2,1-3H3/b10-7-,11-8-,19-16-,20-17-,25-23-,26-24-,29-28-,32-31-,35-34-,38-37-,46-44-,53-50-. The van der Waals surface area contributed by atoms with E-state index in [1.807, 2.05) is 0 Å². The smallest absolute Gasteiger partial charge is 0.306 e. The summed E-state index contributed by atoms with van der Waals surface area (Å²) >= 11 is 0. The summed E-state index contributed by atoms with van der Waals surface area (Å²) in [5.74, 6) is -0.981. The Morgan fingerprint density at radius 3 is 0.865 bits per heavy atom. The summed E-state index contributed by atoms with van der Waals surface area (Å²) < 4.78 is 16.7. The molecule has 0 saturated carbocycles. The van der Waals surface area contributed by atoms with E-state index in [9.17, 15) is 14.4 Å². The molecular formula is C68H108O6. The van der Waals surface area contributed by atoms with E-state index in [-0.39, 0.29) is 37.5 Å². The minimum atomic E-state index is -0.813. The Bertz CT molecular complexity index is 1640. The number of allylic oxidation sites excluding steroid dienone is 24. The van der Waals surface area contributed by atoms with Crippen molar-refractivity contribution in [2.75, 3.05) is 13.2 Å². The van der Waals surface area contributed by atoms with Gasteiger partial charge in [0.2, 0.25) is 0 Å². The Kier molecular flexibility index (Phi) is 57.0. The van der Waals surface area contributed by atoms with Crippen LogP contribution in [-0.2, 0) is 28.6 Å². The number of hydrogen-bond acceptors (Lipinski definition) is 6. The highest BCUT2D eigenvalue weighted by Gasteiger charge is 2.19. The minimum Gasteiger partial charge on any atom is -0.462 e. The van der Waals surface area contributed by atoms with Crippen LogP contribution in [0, 0.1) is 0 Å².